The van der Waals surface area contributed by atoms with Crippen molar-refractivity contribution < 1.29 is 9.53 Å². The van der Waals surface area contributed by atoms with Gasteiger partial charge in [-0.15, -0.1) is 0 Å². The first-order chi connectivity index (χ1) is 9.47. The summed E-state index contributed by atoms with van der Waals surface area (Å²) in [5.74, 6) is 0. The lowest BCUT2D eigenvalue weighted by molar-refractivity contribution is 0.0171. The van der Waals surface area contributed by atoms with Crippen molar-refractivity contribution in [3.8, 4) is 0 Å². The van der Waals surface area contributed by atoms with E-state index in [4.69, 9.17) is 4.74 Å². The van der Waals surface area contributed by atoms with Crippen molar-refractivity contribution >= 4 is 6.09 Å². The highest BCUT2D eigenvalue weighted by atomic mass is 16.6. The molecule has 0 radical (unpaired) electrons. The molecule has 1 amide bonds. The van der Waals surface area contributed by atoms with Crippen molar-refractivity contribution in [3.05, 3.63) is 35.9 Å². The van der Waals surface area contributed by atoms with E-state index in [1.807, 2.05) is 43.9 Å². The zero-order valence-electron chi connectivity index (χ0n) is 12.6. The molecule has 1 fully saturated rings. The molecule has 1 N–H and O–H groups in total. The maximum Gasteiger partial charge on any atom is 0.410 e. The summed E-state index contributed by atoms with van der Waals surface area (Å²) in [6.45, 7) is 8.10. The van der Waals surface area contributed by atoms with Gasteiger partial charge in [0.1, 0.15) is 5.60 Å². The Morgan fingerprint density at radius 1 is 1.25 bits per heavy atom. The van der Waals surface area contributed by atoms with Crippen LogP contribution in [0.5, 0.6) is 0 Å². The quantitative estimate of drug-likeness (QED) is 0.857. The van der Waals surface area contributed by atoms with Gasteiger partial charge in [-0.25, -0.2) is 4.79 Å². The summed E-state index contributed by atoms with van der Waals surface area (Å²) in [6, 6.07) is 10.3. The molecule has 0 saturated carbocycles. The molecule has 1 heterocycles. The average Bonchev–Trinajstić information content (AvgIpc) is 2.63. The minimum absolute atomic E-state index is 0.0843. The van der Waals surface area contributed by atoms with Gasteiger partial charge in [0, 0.05) is 13.1 Å². The zero-order valence-corrected chi connectivity index (χ0v) is 12.6. The molecule has 1 saturated heterocycles. The van der Waals surface area contributed by atoms with Crippen molar-refractivity contribution in [1.29, 1.82) is 0 Å². The molecule has 0 bridgehead atoms. The third-order valence-corrected chi connectivity index (χ3v) is 3.31. The van der Waals surface area contributed by atoms with Crippen molar-refractivity contribution in [2.75, 3.05) is 19.6 Å². The molecule has 110 valence electrons. The Kier molecular flexibility index (Phi) is 4.65. The van der Waals surface area contributed by atoms with E-state index in [1.165, 1.54) is 5.56 Å². The van der Waals surface area contributed by atoms with E-state index in [1.54, 1.807) is 0 Å². The smallest absolute Gasteiger partial charge is 0.410 e. The molecule has 1 atom stereocenters. The first kappa shape index (κ1) is 14.9. The van der Waals surface area contributed by atoms with Gasteiger partial charge in [0.25, 0.3) is 0 Å². The van der Waals surface area contributed by atoms with Crippen LogP contribution in [0.2, 0.25) is 0 Å². The number of hydrogen-bond donors (Lipinski definition) is 1. The fourth-order valence-electron chi connectivity index (χ4n) is 2.44. The van der Waals surface area contributed by atoms with Crippen LogP contribution in [0, 0.1) is 0 Å². The molecule has 0 unspecified atom stereocenters. The molecule has 4 nitrogen and oxygen atoms in total. The van der Waals surface area contributed by atoms with Crippen molar-refractivity contribution in [2.24, 2.45) is 0 Å². The lowest BCUT2D eigenvalue weighted by Crippen LogP contribution is -2.40. The molecule has 0 spiro atoms. The predicted octanol–water partition coefficient (Wildman–Crippen LogP) is 2.96. The van der Waals surface area contributed by atoms with Gasteiger partial charge in [-0.3, -0.25) is 4.90 Å². The number of hydrogen-bond acceptors (Lipinski definition) is 3. The van der Waals surface area contributed by atoms with Gasteiger partial charge in [0.2, 0.25) is 0 Å². The Bertz CT molecular complexity index is 440. The Hall–Kier alpha value is -1.55. The highest BCUT2D eigenvalue weighted by molar-refractivity contribution is 5.69. The fourth-order valence-corrected chi connectivity index (χ4v) is 2.44. The Balaban J connectivity index is 2.19. The summed E-state index contributed by atoms with van der Waals surface area (Å²) in [4.78, 5) is 14.3. The van der Waals surface area contributed by atoms with Crippen LogP contribution in [0.1, 0.15) is 38.8 Å². The van der Waals surface area contributed by atoms with Crippen LogP contribution in [0.3, 0.4) is 0 Å². The van der Waals surface area contributed by atoms with E-state index in [2.05, 4.69) is 17.4 Å². The molecule has 0 aliphatic carbocycles. The number of benzene rings is 1. The monoisotopic (exact) mass is 276 g/mol. The normalized spacial score (nSPS) is 20.4. The Morgan fingerprint density at radius 3 is 2.60 bits per heavy atom. The summed E-state index contributed by atoms with van der Waals surface area (Å²) in [5, 5.41) is 3.35. The van der Waals surface area contributed by atoms with Crippen LogP contribution in [-0.4, -0.2) is 36.2 Å². The second kappa shape index (κ2) is 6.27. The molecule has 2 rings (SSSR count). The van der Waals surface area contributed by atoms with Crippen LogP contribution < -0.4 is 5.32 Å². The first-order valence-electron chi connectivity index (χ1n) is 7.23. The predicted molar refractivity (Wildman–Crippen MR) is 79.6 cm³/mol. The van der Waals surface area contributed by atoms with Gasteiger partial charge in [0.05, 0.1) is 6.04 Å². The molecule has 1 aliphatic rings. The second-order valence-corrected chi connectivity index (χ2v) is 6.14. The average molecular weight is 276 g/mol. The Morgan fingerprint density at radius 2 is 1.95 bits per heavy atom. The van der Waals surface area contributed by atoms with E-state index >= 15 is 0 Å². The van der Waals surface area contributed by atoms with Crippen LogP contribution in [0.4, 0.5) is 4.79 Å². The van der Waals surface area contributed by atoms with Crippen molar-refractivity contribution in [1.82, 2.24) is 10.2 Å². The maximum atomic E-state index is 12.4. The largest absolute Gasteiger partial charge is 0.444 e. The van der Waals surface area contributed by atoms with Crippen LogP contribution >= 0.6 is 0 Å². The van der Waals surface area contributed by atoms with E-state index in [0.717, 1.165) is 19.5 Å². The number of rotatable bonds is 1. The number of carbonyl (C=O) groups is 1. The summed E-state index contributed by atoms with van der Waals surface area (Å²) >= 11 is 0. The molecule has 1 aromatic rings. The molecule has 4 heteroatoms. The van der Waals surface area contributed by atoms with E-state index < -0.39 is 5.60 Å². The van der Waals surface area contributed by atoms with Gasteiger partial charge in [-0.1, -0.05) is 30.3 Å². The Labute approximate surface area is 121 Å². The van der Waals surface area contributed by atoms with E-state index in [-0.39, 0.29) is 12.1 Å². The van der Waals surface area contributed by atoms with Gasteiger partial charge in [-0.05, 0) is 39.3 Å². The minimum Gasteiger partial charge on any atom is -0.444 e. The molecule has 1 aliphatic heterocycles. The number of amides is 1. The number of ether oxygens (including phenoxy) is 1. The minimum atomic E-state index is -0.460. The third-order valence-electron chi connectivity index (χ3n) is 3.31. The summed E-state index contributed by atoms with van der Waals surface area (Å²) in [6.07, 6.45) is 0.679. The van der Waals surface area contributed by atoms with E-state index in [9.17, 15) is 4.79 Å². The standard InChI is InChI=1S/C16H24N2O2/c1-16(2,3)20-15(19)18-12-11-17-10-9-14(18)13-7-5-4-6-8-13/h4-8,14,17H,9-12H2,1-3H3/t14-/m1/s1. The number of carbonyl (C=O) groups excluding carboxylic acids is 1. The molecule has 0 aromatic heterocycles. The lowest BCUT2D eigenvalue weighted by Gasteiger charge is -2.32. The SMILES string of the molecule is CC(C)(C)OC(=O)N1CCNCC[C@@H]1c1ccccc1. The van der Waals surface area contributed by atoms with Crippen molar-refractivity contribution in [3.63, 3.8) is 0 Å². The zero-order chi connectivity index (χ0) is 14.6. The van der Waals surface area contributed by atoms with Crippen LogP contribution in [-0.2, 0) is 4.74 Å². The molecule has 1 aromatic carbocycles. The van der Waals surface area contributed by atoms with Crippen LogP contribution in [0.25, 0.3) is 0 Å². The third kappa shape index (κ3) is 3.97. The summed E-state index contributed by atoms with van der Waals surface area (Å²) < 4.78 is 5.54. The summed E-state index contributed by atoms with van der Waals surface area (Å²) in [7, 11) is 0. The number of nitrogens with zero attached hydrogens (tertiary/aromatic N) is 1. The van der Waals surface area contributed by atoms with Gasteiger partial charge < -0.3 is 10.1 Å². The maximum absolute atomic E-state index is 12.4. The van der Waals surface area contributed by atoms with Gasteiger partial charge in [0.15, 0.2) is 0 Å². The lowest BCUT2D eigenvalue weighted by atomic mass is 10.0. The molecule has 20 heavy (non-hydrogen) atoms. The van der Waals surface area contributed by atoms with E-state index in [0.29, 0.717) is 6.54 Å². The second-order valence-electron chi connectivity index (χ2n) is 6.14. The van der Waals surface area contributed by atoms with Crippen molar-refractivity contribution in [2.45, 2.75) is 38.8 Å². The van der Waals surface area contributed by atoms with Gasteiger partial charge >= 0.3 is 6.09 Å². The summed E-state index contributed by atoms with van der Waals surface area (Å²) in [5.41, 5.74) is 0.708. The fraction of sp³-hybridized carbons (Fsp3) is 0.562. The highest BCUT2D eigenvalue weighted by Gasteiger charge is 2.30. The molecular formula is C16H24N2O2. The molecular weight excluding hydrogens is 252 g/mol. The highest BCUT2D eigenvalue weighted by Crippen LogP contribution is 2.26. The number of nitrogens with one attached hydrogen (secondary N) is 1. The van der Waals surface area contributed by atoms with Crippen LogP contribution in [0.15, 0.2) is 30.3 Å². The topological polar surface area (TPSA) is 41.6 Å². The van der Waals surface area contributed by atoms with Gasteiger partial charge in [-0.2, -0.15) is 0 Å². The first-order valence-corrected chi connectivity index (χ1v) is 7.23.